The zero-order valence-corrected chi connectivity index (χ0v) is 12.3. The Labute approximate surface area is 128 Å². The smallest absolute Gasteiger partial charge is 0.262 e. The average Bonchev–Trinajstić information content (AvgIpc) is 2.48. The van der Waals surface area contributed by atoms with E-state index in [0.29, 0.717) is 17.3 Å². The molecule has 0 aliphatic rings. The number of rotatable bonds is 6. The van der Waals surface area contributed by atoms with Crippen LogP contribution >= 0.6 is 11.6 Å². The van der Waals surface area contributed by atoms with Gasteiger partial charge in [0, 0.05) is 5.69 Å². The van der Waals surface area contributed by atoms with Gasteiger partial charge in [-0.1, -0.05) is 35.9 Å². The van der Waals surface area contributed by atoms with Gasteiger partial charge in [0.2, 0.25) is 0 Å². The first-order chi connectivity index (χ1) is 10.2. The van der Waals surface area contributed by atoms with Crippen LogP contribution in [0.2, 0.25) is 5.02 Å². The minimum Gasteiger partial charge on any atom is -0.482 e. The molecule has 0 aromatic heterocycles. The Bertz CT molecular complexity index is 602. The largest absolute Gasteiger partial charge is 0.482 e. The van der Waals surface area contributed by atoms with Crippen LogP contribution in [0.25, 0.3) is 0 Å². The third kappa shape index (κ3) is 4.77. The van der Waals surface area contributed by atoms with Crippen molar-refractivity contribution in [2.24, 2.45) is 5.73 Å². The van der Waals surface area contributed by atoms with Crippen molar-refractivity contribution in [3.8, 4) is 5.75 Å². The number of hydrogen-bond acceptors (Lipinski definition) is 3. The van der Waals surface area contributed by atoms with Gasteiger partial charge in [0.25, 0.3) is 5.91 Å². The van der Waals surface area contributed by atoms with Gasteiger partial charge in [-0.05, 0) is 42.8 Å². The Balaban J connectivity index is 1.89. The number of nitrogens with one attached hydrogen (secondary N) is 1. The van der Waals surface area contributed by atoms with E-state index in [2.05, 4.69) is 5.32 Å². The highest BCUT2D eigenvalue weighted by atomic mass is 35.5. The van der Waals surface area contributed by atoms with E-state index < -0.39 is 0 Å². The van der Waals surface area contributed by atoms with E-state index in [0.717, 1.165) is 17.7 Å². The van der Waals surface area contributed by atoms with Crippen molar-refractivity contribution in [2.45, 2.75) is 6.42 Å². The predicted octanol–water partition coefficient (Wildman–Crippen LogP) is 2.86. The molecule has 0 aliphatic heterocycles. The molecule has 2 aromatic carbocycles. The standard InChI is InChI=1S/C16H17ClN2O2/c17-14-10-12(8-9-18)6-7-15(14)21-11-16(20)19-13-4-2-1-3-5-13/h1-7,10H,8-9,11,18H2,(H,19,20). The van der Waals surface area contributed by atoms with E-state index in [9.17, 15) is 4.79 Å². The van der Waals surface area contributed by atoms with Gasteiger partial charge < -0.3 is 15.8 Å². The maximum atomic E-state index is 11.8. The molecule has 110 valence electrons. The molecule has 5 heteroatoms. The van der Waals surface area contributed by atoms with Crippen LogP contribution in [-0.4, -0.2) is 19.1 Å². The number of amides is 1. The van der Waals surface area contributed by atoms with Gasteiger partial charge in [0.05, 0.1) is 5.02 Å². The highest BCUT2D eigenvalue weighted by molar-refractivity contribution is 6.32. The summed E-state index contributed by atoms with van der Waals surface area (Å²) in [6.07, 6.45) is 0.758. The van der Waals surface area contributed by atoms with E-state index in [4.69, 9.17) is 22.1 Å². The molecule has 0 fully saturated rings. The normalized spacial score (nSPS) is 10.2. The number of nitrogens with two attached hydrogens (primary N) is 1. The predicted molar refractivity (Wildman–Crippen MR) is 84.8 cm³/mol. The molecule has 0 heterocycles. The maximum Gasteiger partial charge on any atom is 0.262 e. The fraction of sp³-hybridized carbons (Fsp3) is 0.188. The minimum atomic E-state index is -0.233. The molecule has 2 aromatic rings. The second kappa shape index (κ2) is 7.67. The summed E-state index contributed by atoms with van der Waals surface area (Å²) in [5, 5.41) is 3.22. The van der Waals surface area contributed by atoms with E-state index in [1.54, 1.807) is 12.1 Å². The van der Waals surface area contributed by atoms with Crippen LogP contribution in [0.5, 0.6) is 5.75 Å². The number of para-hydroxylation sites is 1. The van der Waals surface area contributed by atoms with Gasteiger partial charge >= 0.3 is 0 Å². The third-order valence-electron chi connectivity index (χ3n) is 2.85. The summed E-state index contributed by atoms with van der Waals surface area (Å²) in [4.78, 5) is 11.8. The molecule has 0 saturated heterocycles. The molecular weight excluding hydrogens is 288 g/mol. The number of ether oxygens (including phenoxy) is 1. The highest BCUT2D eigenvalue weighted by Crippen LogP contribution is 2.25. The second-order valence-corrected chi connectivity index (χ2v) is 4.91. The van der Waals surface area contributed by atoms with Crippen molar-refractivity contribution in [3.05, 3.63) is 59.1 Å². The number of carbonyl (C=O) groups is 1. The quantitative estimate of drug-likeness (QED) is 0.862. The average molecular weight is 305 g/mol. The molecule has 0 saturated carbocycles. The Kier molecular flexibility index (Phi) is 5.60. The first kappa shape index (κ1) is 15.4. The molecule has 0 aliphatic carbocycles. The van der Waals surface area contributed by atoms with Crippen molar-refractivity contribution < 1.29 is 9.53 Å². The summed E-state index contributed by atoms with van der Waals surface area (Å²) in [7, 11) is 0. The lowest BCUT2D eigenvalue weighted by molar-refractivity contribution is -0.118. The molecule has 0 bridgehead atoms. The van der Waals surface area contributed by atoms with Crippen molar-refractivity contribution in [2.75, 3.05) is 18.5 Å². The molecule has 0 atom stereocenters. The Morgan fingerprint density at radius 2 is 1.95 bits per heavy atom. The molecule has 2 rings (SSSR count). The lowest BCUT2D eigenvalue weighted by Crippen LogP contribution is -2.20. The molecular formula is C16H17ClN2O2. The van der Waals surface area contributed by atoms with Gasteiger partial charge in [0.15, 0.2) is 6.61 Å². The first-order valence-corrected chi connectivity index (χ1v) is 7.03. The summed E-state index contributed by atoms with van der Waals surface area (Å²) < 4.78 is 5.43. The van der Waals surface area contributed by atoms with Crippen LogP contribution in [0.4, 0.5) is 5.69 Å². The molecule has 0 spiro atoms. The lowest BCUT2D eigenvalue weighted by Gasteiger charge is -2.10. The van der Waals surface area contributed by atoms with Crippen molar-refractivity contribution in [1.29, 1.82) is 0 Å². The fourth-order valence-corrected chi connectivity index (χ4v) is 2.10. The van der Waals surface area contributed by atoms with Crippen LogP contribution in [0.15, 0.2) is 48.5 Å². The summed E-state index contributed by atoms with van der Waals surface area (Å²) in [5.74, 6) is 0.254. The monoisotopic (exact) mass is 304 g/mol. The maximum absolute atomic E-state index is 11.8. The summed E-state index contributed by atoms with van der Waals surface area (Å²) in [5.41, 5.74) is 7.27. The van der Waals surface area contributed by atoms with Crippen LogP contribution in [-0.2, 0) is 11.2 Å². The molecule has 0 unspecified atom stereocenters. The summed E-state index contributed by atoms with van der Waals surface area (Å²) >= 11 is 6.11. The third-order valence-corrected chi connectivity index (χ3v) is 3.14. The van der Waals surface area contributed by atoms with Gasteiger partial charge in [0.1, 0.15) is 5.75 Å². The van der Waals surface area contributed by atoms with Crippen LogP contribution < -0.4 is 15.8 Å². The van der Waals surface area contributed by atoms with Crippen molar-refractivity contribution in [1.82, 2.24) is 0 Å². The topological polar surface area (TPSA) is 64.3 Å². The fourth-order valence-electron chi connectivity index (χ4n) is 1.85. The van der Waals surface area contributed by atoms with Gasteiger partial charge in [-0.2, -0.15) is 0 Å². The SMILES string of the molecule is NCCc1ccc(OCC(=O)Nc2ccccc2)c(Cl)c1. The molecule has 1 amide bonds. The van der Waals surface area contributed by atoms with Crippen LogP contribution in [0, 0.1) is 0 Å². The number of halogens is 1. The minimum absolute atomic E-state index is 0.0924. The van der Waals surface area contributed by atoms with Gasteiger partial charge in [-0.25, -0.2) is 0 Å². The molecule has 4 nitrogen and oxygen atoms in total. The van der Waals surface area contributed by atoms with E-state index in [1.807, 2.05) is 36.4 Å². The lowest BCUT2D eigenvalue weighted by atomic mass is 10.1. The molecule has 3 N–H and O–H groups in total. The van der Waals surface area contributed by atoms with Crippen molar-refractivity contribution >= 4 is 23.2 Å². The van der Waals surface area contributed by atoms with Crippen molar-refractivity contribution in [3.63, 3.8) is 0 Å². The van der Waals surface area contributed by atoms with Crippen LogP contribution in [0.1, 0.15) is 5.56 Å². The number of benzene rings is 2. The second-order valence-electron chi connectivity index (χ2n) is 4.51. The Morgan fingerprint density at radius 1 is 1.19 bits per heavy atom. The van der Waals surface area contributed by atoms with E-state index in [-0.39, 0.29) is 12.5 Å². The Morgan fingerprint density at radius 3 is 2.62 bits per heavy atom. The summed E-state index contributed by atoms with van der Waals surface area (Å²) in [6.45, 7) is 0.473. The van der Waals surface area contributed by atoms with E-state index in [1.165, 1.54) is 0 Å². The molecule has 0 radical (unpaired) electrons. The first-order valence-electron chi connectivity index (χ1n) is 6.65. The number of hydrogen-bond donors (Lipinski definition) is 2. The number of anilines is 1. The zero-order chi connectivity index (χ0) is 15.1. The van der Waals surface area contributed by atoms with Crippen LogP contribution in [0.3, 0.4) is 0 Å². The van der Waals surface area contributed by atoms with Gasteiger partial charge in [-0.15, -0.1) is 0 Å². The molecule has 21 heavy (non-hydrogen) atoms. The number of carbonyl (C=O) groups excluding carboxylic acids is 1. The van der Waals surface area contributed by atoms with Gasteiger partial charge in [-0.3, -0.25) is 4.79 Å². The Hall–Kier alpha value is -2.04. The zero-order valence-electron chi connectivity index (χ0n) is 11.5. The van der Waals surface area contributed by atoms with E-state index >= 15 is 0 Å². The highest BCUT2D eigenvalue weighted by Gasteiger charge is 2.07. The summed E-state index contributed by atoms with van der Waals surface area (Å²) in [6, 6.07) is 14.7.